The van der Waals surface area contributed by atoms with Crippen LogP contribution in [0.4, 0.5) is 0 Å². The number of aromatic nitrogens is 2. The number of ether oxygens (including phenoxy) is 3. The summed E-state index contributed by atoms with van der Waals surface area (Å²) >= 11 is 0. The van der Waals surface area contributed by atoms with Crippen molar-refractivity contribution in [1.82, 2.24) is 19.8 Å². The van der Waals surface area contributed by atoms with Gasteiger partial charge >= 0.3 is 6.01 Å². The zero-order valence-electron chi connectivity index (χ0n) is 21.0. The number of carbonyl (C=O) groups is 2. The molecule has 0 bridgehead atoms. The van der Waals surface area contributed by atoms with Gasteiger partial charge in [0.05, 0.1) is 26.4 Å². The molecule has 0 aliphatic carbocycles. The summed E-state index contributed by atoms with van der Waals surface area (Å²) in [6.45, 7) is 3.48. The van der Waals surface area contributed by atoms with E-state index in [0.717, 1.165) is 51.2 Å². The van der Waals surface area contributed by atoms with Gasteiger partial charge in [0.1, 0.15) is 5.75 Å². The number of carbonyl (C=O) groups excluding carboxylic acids is 2. The second kappa shape index (κ2) is 11.9. The standard InChI is InChI=1S/C27H34N4O5/c1-34-25-21(19-28-26(29-25)35-2)10-11-24(33)31-17-14-27(20-31)12-15-30(16-13-27)23(32)9-6-18-36-22-7-4-3-5-8-22/h3-5,7-8,10-11,19H,6,9,12-18,20H2,1-2H3. The van der Waals surface area contributed by atoms with Gasteiger partial charge < -0.3 is 24.0 Å². The minimum Gasteiger partial charge on any atom is -0.494 e. The Morgan fingerprint density at radius 3 is 2.44 bits per heavy atom. The third-order valence-corrected chi connectivity index (χ3v) is 7.01. The lowest BCUT2D eigenvalue weighted by Crippen LogP contribution is -2.44. The molecule has 0 radical (unpaired) electrons. The van der Waals surface area contributed by atoms with Gasteiger partial charge in [-0.3, -0.25) is 9.59 Å². The number of hydrogen-bond donors (Lipinski definition) is 0. The SMILES string of the molecule is COc1ncc(C=CC(=O)N2CCC3(CCN(C(=O)CCCOc4ccccc4)CC3)C2)c(OC)n1. The number of methoxy groups -OCH3 is 2. The maximum Gasteiger partial charge on any atom is 0.319 e. The molecule has 192 valence electrons. The topological polar surface area (TPSA) is 94.1 Å². The smallest absolute Gasteiger partial charge is 0.319 e. The number of benzene rings is 1. The van der Waals surface area contributed by atoms with E-state index in [1.54, 1.807) is 18.3 Å². The molecule has 0 atom stereocenters. The second-order valence-electron chi connectivity index (χ2n) is 9.31. The number of para-hydroxylation sites is 1. The maximum absolute atomic E-state index is 12.8. The Morgan fingerprint density at radius 2 is 1.75 bits per heavy atom. The minimum absolute atomic E-state index is 0.0401. The summed E-state index contributed by atoms with van der Waals surface area (Å²) in [5.41, 5.74) is 0.707. The molecule has 1 aromatic heterocycles. The van der Waals surface area contributed by atoms with Crippen LogP contribution < -0.4 is 14.2 Å². The Morgan fingerprint density at radius 1 is 1.03 bits per heavy atom. The molecule has 4 rings (SSSR count). The van der Waals surface area contributed by atoms with Crippen LogP contribution in [0.5, 0.6) is 17.6 Å². The van der Waals surface area contributed by atoms with E-state index >= 15 is 0 Å². The van der Waals surface area contributed by atoms with E-state index in [2.05, 4.69) is 9.97 Å². The van der Waals surface area contributed by atoms with Crippen LogP contribution in [0, 0.1) is 5.41 Å². The molecule has 1 aromatic carbocycles. The predicted molar refractivity (Wildman–Crippen MR) is 135 cm³/mol. The minimum atomic E-state index is -0.0401. The van der Waals surface area contributed by atoms with Crippen molar-refractivity contribution in [3.8, 4) is 17.6 Å². The van der Waals surface area contributed by atoms with E-state index in [4.69, 9.17) is 14.2 Å². The molecule has 2 aliphatic rings. The summed E-state index contributed by atoms with van der Waals surface area (Å²) in [5, 5.41) is 0. The normalized spacial score (nSPS) is 16.9. The summed E-state index contributed by atoms with van der Waals surface area (Å²) in [4.78, 5) is 37.6. The van der Waals surface area contributed by atoms with E-state index in [1.807, 2.05) is 40.1 Å². The molecule has 0 N–H and O–H groups in total. The first-order valence-electron chi connectivity index (χ1n) is 12.4. The molecular weight excluding hydrogens is 460 g/mol. The maximum atomic E-state index is 12.8. The summed E-state index contributed by atoms with van der Waals surface area (Å²) in [6, 6.07) is 9.87. The lowest BCUT2D eigenvalue weighted by atomic mass is 9.77. The zero-order chi connectivity index (χ0) is 25.4. The molecule has 0 unspecified atom stereocenters. The van der Waals surface area contributed by atoms with E-state index in [0.29, 0.717) is 30.9 Å². The van der Waals surface area contributed by atoms with Gasteiger partial charge in [-0.15, -0.1) is 0 Å². The molecule has 0 saturated carbocycles. The first kappa shape index (κ1) is 25.5. The molecule has 36 heavy (non-hydrogen) atoms. The molecule has 2 fully saturated rings. The molecule has 2 saturated heterocycles. The third kappa shape index (κ3) is 6.33. The lowest BCUT2D eigenvalue weighted by Gasteiger charge is -2.39. The Labute approximate surface area is 212 Å². The van der Waals surface area contributed by atoms with Crippen molar-refractivity contribution >= 4 is 17.9 Å². The monoisotopic (exact) mass is 494 g/mol. The second-order valence-corrected chi connectivity index (χ2v) is 9.31. The quantitative estimate of drug-likeness (QED) is 0.390. The highest BCUT2D eigenvalue weighted by atomic mass is 16.5. The van der Waals surface area contributed by atoms with Crippen LogP contribution in [0.2, 0.25) is 0 Å². The summed E-state index contributed by atoms with van der Waals surface area (Å²) in [6.07, 6.45) is 8.80. The molecule has 2 amide bonds. The molecular formula is C27H34N4O5. The van der Waals surface area contributed by atoms with Gasteiger partial charge in [-0.05, 0) is 49.3 Å². The number of nitrogens with zero attached hydrogens (tertiary/aromatic N) is 4. The molecule has 3 heterocycles. The zero-order valence-corrected chi connectivity index (χ0v) is 21.0. The average Bonchev–Trinajstić information content (AvgIpc) is 3.34. The third-order valence-electron chi connectivity index (χ3n) is 7.01. The highest BCUT2D eigenvalue weighted by Crippen LogP contribution is 2.40. The van der Waals surface area contributed by atoms with E-state index in [-0.39, 0.29) is 23.2 Å². The molecule has 1 spiro atoms. The molecule has 2 aliphatic heterocycles. The highest BCUT2D eigenvalue weighted by molar-refractivity contribution is 5.92. The number of amides is 2. The van der Waals surface area contributed by atoms with Crippen LogP contribution in [0.3, 0.4) is 0 Å². The van der Waals surface area contributed by atoms with Crippen molar-refractivity contribution in [1.29, 1.82) is 0 Å². The van der Waals surface area contributed by atoms with E-state index < -0.39 is 0 Å². The van der Waals surface area contributed by atoms with Crippen LogP contribution in [0.25, 0.3) is 6.08 Å². The highest BCUT2D eigenvalue weighted by Gasteiger charge is 2.42. The molecule has 9 heteroatoms. The van der Waals surface area contributed by atoms with Crippen molar-refractivity contribution in [2.24, 2.45) is 5.41 Å². The van der Waals surface area contributed by atoms with Gasteiger partial charge in [0, 0.05) is 44.9 Å². The molecule has 9 nitrogen and oxygen atoms in total. The van der Waals surface area contributed by atoms with Crippen LogP contribution >= 0.6 is 0 Å². The van der Waals surface area contributed by atoms with Gasteiger partial charge in [0.15, 0.2) is 0 Å². The van der Waals surface area contributed by atoms with E-state index in [9.17, 15) is 9.59 Å². The first-order valence-corrected chi connectivity index (χ1v) is 12.4. The van der Waals surface area contributed by atoms with Gasteiger partial charge in [0.2, 0.25) is 17.7 Å². The summed E-state index contributed by atoms with van der Waals surface area (Å²) in [5.74, 6) is 1.33. The fourth-order valence-corrected chi connectivity index (χ4v) is 4.85. The number of rotatable bonds is 9. The van der Waals surface area contributed by atoms with Crippen molar-refractivity contribution in [3.05, 3.63) is 48.2 Å². The number of piperidine rings is 1. The van der Waals surface area contributed by atoms with Gasteiger partial charge in [-0.25, -0.2) is 4.98 Å². The molecule has 2 aromatic rings. The van der Waals surface area contributed by atoms with Crippen LogP contribution in [-0.4, -0.2) is 78.6 Å². The Balaban J connectivity index is 1.21. The first-order chi connectivity index (χ1) is 17.5. The Bertz CT molecular complexity index is 1070. The number of likely N-dealkylation sites (tertiary alicyclic amines) is 2. The van der Waals surface area contributed by atoms with Crippen molar-refractivity contribution in [2.45, 2.75) is 32.1 Å². The largest absolute Gasteiger partial charge is 0.494 e. The van der Waals surface area contributed by atoms with Gasteiger partial charge in [-0.1, -0.05) is 18.2 Å². The van der Waals surface area contributed by atoms with Gasteiger partial charge in [-0.2, -0.15) is 4.98 Å². The Kier molecular flexibility index (Phi) is 8.40. The van der Waals surface area contributed by atoms with E-state index in [1.165, 1.54) is 14.2 Å². The van der Waals surface area contributed by atoms with Crippen LogP contribution in [-0.2, 0) is 9.59 Å². The van der Waals surface area contributed by atoms with Crippen LogP contribution in [0.15, 0.2) is 42.6 Å². The van der Waals surface area contributed by atoms with Gasteiger partial charge in [0.25, 0.3) is 0 Å². The van der Waals surface area contributed by atoms with Crippen molar-refractivity contribution in [2.75, 3.05) is 47.0 Å². The van der Waals surface area contributed by atoms with Crippen molar-refractivity contribution in [3.63, 3.8) is 0 Å². The average molecular weight is 495 g/mol. The fraction of sp³-hybridized carbons (Fsp3) is 0.481. The predicted octanol–water partition coefficient (Wildman–Crippen LogP) is 3.21. The van der Waals surface area contributed by atoms with Crippen LogP contribution in [0.1, 0.15) is 37.7 Å². The summed E-state index contributed by atoms with van der Waals surface area (Å²) < 4.78 is 16.0. The summed E-state index contributed by atoms with van der Waals surface area (Å²) in [7, 11) is 3.00. The fourth-order valence-electron chi connectivity index (χ4n) is 4.85. The lowest BCUT2D eigenvalue weighted by molar-refractivity contribution is -0.134. The Hall–Kier alpha value is -3.62. The number of hydrogen-bond acceptors (Lipinski definition) is 7. The van der Waals surface area contributed by atoms with Crippen molar-refractivity contribution < 1.29 is 23.8 Å².